The highest BCUT2D eigenvalue weighted by Crippen LogP contribution is 2.16. The normalized spacial score (nSPS) is 22.4. The number of carboxylic acids is 1. The van der Waals surface area contributed by atoms with E-state index in [1.165, 1.54) is 0 Å². The molecule has 92 valence electrons. The minimum Gasteiger partial charge on any atom is -0.481 e. The average molecular weight is 229 g/mol. The van der Waals surface area contributed by atoms with Crippen LogP contribution in [0.2, 0.25) is 0 Å². The molecule has 0 spiro atoms. The van der Waals surface area contributed by atoms with Crippen molar-refractivity contribution in [2.45, 2.75) is 38.6 Å². The molecule has 0 radical (unpaired) electrons. The highest BCUT2D eigenvalue weighted by Gasteiger charge is 2.19. The molecular weight excluding hydrogens is 210 g/mol. The van der Waals surface area contributed by atoms with Crippen LogP contribution in [0.1, 0.15) is 32.6 Å². The van der Waals surface area contributed by atoms with Gasteiger partial charge in [0.2, 0.25) is 5.91 Å². The molecule has 1 aliphatic rings. The quantitative estimate of drug-likeness (QED) is 0.730. The number of carbonyl (C=O) groups is 2. The zero-order valence-electron chi connectivity index (χ0n) is 9.57. The second-order valence-corrected chi connectivity index (χ2v) is 4.35. The minimum absolute atomic E-state index is 0.0348. The number of hydrogen-bond donors (Lipinski definition) is 2. The van der Waals surface area contributed by atoms with Gasteiger partial charge >= 0.3 is 5.97 Å². The van der Waals surface area contributed by atoms with Crippen LogP contribution in [0.3, 0.4) is 0 Å². The molecule has 1 saturated heterocycles. The molecule has 1 heterocycles. The Morgan fingerprint density at radius 2 is 2.31 bits per heavy atom. The lowest BCUT2D eigenvalue weighted by molar-refractivity contribution is -0.137. The number of hydrogen-bond acceptors (Lipinski definition) is 3. The molecule has 1 fully saturated rings. The molecule has 1 aliphatic heterocycles. The molecule has 5 heteroatoms. The fourth-order valence-electron chi connectivity index (χ4n) is 1.88. The van der Waals surface area contributed by atoms with Crippen molar-refractivity contribution >= 4 is 11.9 Å². The summed E-state index contributed by atoms with van der Waals surface area (Å²) in [5, 5.41) is 11.2. The molecule has 5 nitrogen and oxygen atoms in total. The van der Waals surface area contributed by atoms with Crippen LogP contribution in [-0.2, 0) is 14.3 Å². The summed E-state index contributed by atoms with van der Waals surface area (Å²) in [6.45, 7) is 3.12. The van der Waals surface area contributed by atoms with Gasteiger partial charge in [0.25, 0.3) is 0 Å². The van der Waals surface area contributed by atoms with Crippen molar-refractivity contribution in [2.75, 3.05) is 13.2 Å². The fourth-order valence-corrected chi connectivity index (χ4v) is 1.88. The number of rotatable bonds is 5. The van der Waals surface area contributed by atoms with Crippen LogP contribution in [0.15, 0.2) is 0 Å². The van der Waals surface area contributed by atoms with E-state index >= 15 is 0 Å². The predicted molar refractivity (Wildman–Crippen MR) is 58.0 cm³/mol. The lowest BCUT2D eigenvalue weighted by atomic mass is 9.98. The monoisotopic (exact) mass is 229 g/mol. The van der Waals surface area contributed by atoms with Crippen molar-refractivity contribution in [3.05, 3.63) is 0 Å². The first kappa shape index (κ1) is 13.0. The van der Waals surface area contributed by atoms with Crippen molar-refractivity contribution in [2.24, 2.45) is 5.92 Å². The lowest BCUT2D eigenvalue weighted by Gasteiger charge is -2.22. The van der Waals surface area contributed by atoms with E-state index in [-0.39, 0.29) is 24.3 Å². The Kier molecular flexibility index (Phi) is 5.25. The largest absolute Gasteiger partial charge is 0.481 e. The van der Waals surface area contributed by atoms with Gasteiger partial charge in [-0.25, -0.2) is 0 Å². The molecule has 1 amide bonds. The van der Waals surface area contributed by atoms with Gasteiger partial charge in [-0.05, 0) is 25.7 Å². The van der Waals surface area contributed by atoms with E-state index in [1.807, 2.05) is 0 Å². The molecule has 2 N–H and O–H groups in total. The van der Waals surface area contributed by atoms with Crippen LogP contribution in [0.4, 0.5) is 0 Å². The summed E-state index contributed by atoms with van der Waals surface area (Å²) < 4.78 is 5.28. The Labute approximate surface area is 95.2 Å². The molecule has 16 heavy (non-hydrogen) atoms. The predicted octanol–water partition coefficient (Wildman–Crippen LogP) is 0.782. The molecule has 0 bridgehead atoms. The first-order valence-corrected chi connectivity index (χ1v) is 5.67. The summed E-state index contributed by atoms with van der Waals surface area (Å²) in [6.07, 6.45) is 2.42. The van der Waals surface area contributed by atoms with E-state index in [4.69, 9.17) is 9.84 Å². The second-order valence-electron chi connectivity index (χ2n) is 4.35. The summed E-state index contributed by atoms with van der Waals surface area (Å²) in [4.78, 5) is 22.0. The second kappa shape index (κ2) is 6.48. The zero-order valence-corrected chi connectivity index (χ0v) is 9.57. The third-order valence-corrected chi connectivity index (χ3v) is 2.62. The average Bonchev–Trinajstić information content (AvgIpc) is 2.17. The van der Waals surface area contributed by atoms with Gasteiger partial charge < -0.3 is 15.2 Å². The Morgan fingerprint density at radius 3 is 2.88 bits per heavy atom. The van der Waals surface area contributed by atoms with Crippen molar-refractivity contribution in [1.29, 1.82) is 0 Å². The van der Waals surface area contributed by atoms with Crippen molar-refractivity contribution in [3.8, 4) is 0 Å². The van der Waals surface area contributed by atoms with Crippen LogP contribution in [0.5, 0.6) is 0 Å². The van der Waals surface area contributed by atoms with Crippen LogP contribution >= 0.6 is 0 Å². The van der Waals surface area contributed by atoms with Gasteiger partial charge in [-0.2, -0.15) is 0 Å². The standard InChI is InChI=1S/C11H19NO4/c1-8(5-11(14)15)12-10(13)6-9-3-2-4-16-7-9/h8-9H,2-7H2,1H3,(H,12,13)(H,14,15). The van der Waals surface area contributed by atoms with Crippen molar-refractivity contribution in [3.63, 3.8) is 0 Å². The molecule has 0 aromatic carbocycles. The topological polar surface area (TPSA) is 75.6 Å². The molecular formula is C11H19NO4. The van der Waals surface area contributed by atoms with E-state index in [1.54, 1.807) is 6.92 Å². The van der Waals surface area contributed by atoms with Gasteiger partial charge in [0, 0.05) is 25.7 Å². The van der Waals surface area contributed by atoms with Gasteiger partial charge in [0.1, 0.15) is 0 Å². The molecule has 0 saturated carbocycles. The number of carboxylic acid groups (broad SMARTS) is 1. The Balaban J connectivity index is 2.21. The summed E-state index contributed by atoms with van der Waals surface area (Å²) >= 11 is 0. The third kappa shape index (κ3) is 5.11. The highest BCUT2D eigenvalue weighted by molar-refractivity contribution is 5.77. The smallest absolute Gasteiger partial charge is 0.305 e. The van der Waals surface area contributed by atoms with Crippen LogP contribution in [-0.4, -0.2) is 36.2 Å². The number of aliphatic carboxylic acids is 1. The summed E-state index contributed by atoms with van der Waals surface area (Å²) in [5.41, 5.74) is 0. The fraction of sp³-hybridized carbons (Fsp3) is 0.818. The highest BCUT2D eigenvalue weighted by atomic mass is 16.5. The molecule has 2 unspecified atom stereocenters. The summed E-state index contributed by atoms with van der Waals surface area (Å²) in [6, 6.07) is -0.311. The maximum Gasteiger partial charge on any atom is 0.305 e. The molecule has 0 aliphatic carbocycles. The van der Waals surface area contributed by atoms with Crippen molar-refractivity contribution in [1.82, 2.24) is 5.32 Å². The Morgan fingerprint density at radius 1 is 1.56 bits per heavy atom. The number of ether oxygens (including phenoxy) is 1. The van der Waals surface area contributed by atoms with Crippen LogP contribution < -0.4 is 5.32 Å². The lowest BCUT2D eigenvalue weighted by Crippen LogP contribution is -2.36. The number of carbonyl (C=O) groups excluding carboxylic acids is 1. The van der Waals surface area contributed by atoms with E-state index in [0.29, 0.717) is 13.0 Å². The van der Waals surface area contributed by atoms with Crippen LogP contribution in [0, 0.1) is 5.92 Å². The molecule has 0 aromatic heterocycles. The Hall–Kier alpha value is -1.10. The Bertz CT molecular complexity index is 248. The maximum atomic E-state index is 11.5. The van der Waals surface area contributed by atoms with E-state index in [0.717, 1.165) is 19.4 Å². The molecule has 0 aromatic rings. The van der Waals surface area contributed by atoms with Gasteiger partial charge in [0.15, 0.2) is 0 Å². The van der Waals surface area contributed by atoms with Gasteiger partial charge in [-0.3, -0.25) is 9.59 Å². The van der Waals surface area contributed by atoms with E-state index < -0.39 is 5.97 Å². The number of nitrogens with one attached hydrogen (secondary N) is 1. The van der Waals surface area contributed by atoms with E-state index in [9.17, 15) is 9.59 Å². The summed E-state index contributed by atoms with van der Waals surface area (Å²) in [7, 11) is 0. The van der Waals surface area contributed by atoms with Gasteiger partial charge in [-0.1, -0.05) is 0 Å². The zero-order chi connectivity index (χ0) is 12.0. The summed E-state index contributed by atoms with van der Waals surface area (Å²) in [5.74, 6) is -0.691. The third-order valence-electron chi connectivity index (χ3n) is 2.62. The SMILES string of the molecule is CC(CC(=O)O)NC(=O)CC1CCCOC1. The molecule has 2 atom stereocenters. The number of amides is 1. The van der Waals surface area contributed by atoms with Crippen molar-refractivity contribution < 1.29 is 19.4 Å². The first-order chi connectivity index (χ1) is 7.58. The molecule has 1 rings (SSSR count). The van der Waals surface area contributed by atoms with Gasteiger partial charge in [0.05, 0.1) is 6.42 Å². The van der Waals surface area contributed by atoms with E-state index in [2.05, 4.69) is 5.32 Å². The van der Waals surface area contributed by atoms with Gasteiger partial charge in [-0.15, -0.1) is 0 Å². The minimum atomic E-state index is -0.895. The van der Waals surface area contributed by atoms with Crippen LogP contribution in [0.25, 0.3) is 0 Å². The first-order valence-electron chi connectivity index (χ1n) is 5.67. The maximum absolute atomic E-state index is 11.5.